The standard InChI is InChI=1S/C13H12F2N2O4/c14-8-3-7(4-9(15)5-8)1-2-16-12(18)11-6-10(13(19)20)17-21-11/h3-5,11H,1-2,6H2,(H,16,18)(H,19,20). The van der Waals surface area contributed by atoms with E-state index in [4.69, 9.17) is 9.94 Å². The van der Waals surface area contributed by atoms with Crippen LogP contribution in [0.1, 0.15) is 12.0 Å². The van der Waals surface area contributed by atoms with Gasteiger partial charge in [-0.25, -0.2) is 13.6 Å². The highest BCUT2D eigenvalue weighted by molar-refractivity contribution is 6.36. The van der Waals surface area contributed by atoms with Gasteiger partial charge in [-0.15, -0.1) is 0 Å². The maximum atomic E-state index is 13.0. The number of amides is 1. The first-order chi connectivity index (χ1) is 9.95. The van der Waals surface area contributed by atoms with E-state index in [2.05, 4.69) is 10.5 Å². The minimum Gasteiger partial charge on any atom is -0.477 e. The molecule has 2 rings (SSSR count). The number of halogens is 2. The Kier molecular flexibility index (Phi) is 4.46. The quantitative estimate of drug-likeness (QED) is 0.843. The lowest BCUT2D eigenvalue weighted by molar-refractivity contribution is -0.131. The first-order valence-electron chi connectivity index (χ1n) is 6.14. The van der Waals surface area contributed by atoms with Gasteiger partial charge in [-0.3, -0.25) is 4.79 Å². The molecule has 0 fully saturated rings. The van der Waals surface area contributed by atoms with E-state index >= 15 is 0 Å². The minimum absolute atomic E-state index is 0.115. The van der Waals surface area contributed by atoms with Crippen molar-refractivity contribution in [2.75, 3.05) is 6.54 Å². The van der Waals surface area contributed by atoms with E-state index in [1.807, 2.05) is 0 Å². The highest BCUT2D eigenvalue weighted by Gasteiger charge is 2.31. The Bertz CT molecular complexity index is 584. The largest absolute Gasteiger partial charge is 0.477 e. The number of carbonyl (C=O) groups is 2. The summed E-state index contributed by atoms with van der Waals surface area (Å²) in [6.07, 6.45) is -0.865. The number of carboxylic acids is 1. The van der Waals surface area contributed by atoms with Crippen LogP contribution < -0.4 is 5.32 Å². The van der Waals surface area contributed by atoms with E-state index in [9.17, 15) is 18.4 Å². The summed E-state index contributed by atoms with van der Waals surface area (Å²) >= 11 is 0. The molecule has 1 unspecified atom stereocenters. The Morgan fingerprint density at radius 1 is 1.33 bits per heavy atom. The van der Waals surface area contributed by atoms with Crippen molar-refractivity contribution in [3.05, 3.63) is 35.4 Å². The topological polar surface area (TPSA) is 88.0 Å². The van der Waals surface area contributed by atoms with E-state index in [0.29, 0.717) is 5.56 Å². The molecule has 0 bridgehead atoms. The third-order valence-electron chi connectivity index (χ3n) is 2.84. The predicted octanol–water partition coefficient (Wildman–Crippen LogP) is 0.853. The molecular formula is C13H12F2N2O4. The van der Waals surface area contributed by atoms with Crippen LogP contribution in [0.4, 0.5) is 8.78 Å². The average Bonchev–Trinajstić information content (AvgIpc) is 2.87. The molecule has 1 aliphatic rings. The summed E-state index contributed by atoms with van der Waals surface area (Å²) in [7, 11) is 0. The second-order valence-electron chi connectivity index (χ2n) is 4.46. The molecule has 8 heteroatoms. The van der Waals surface area contributed by atoms with Crippen LogP contribution in [-0.4, -0.2) is 35.3 Å². The molecule has 0 saturated heterocycles. The Balaban J connectivity index is 1.79. The zero-order chi connectivity index (χ0) is 15.4. The number of oxime groups is 1. The van der Waals surface area contributed by atoms with Crippen molar-refractivity contribution in [1.82, 2.24) is 5.32 Å². The smallest absolute Gasteiger partial charge is 0.353 e. The van der Waals surface area contributed by atoms with Gasteiger partial charge < -0.3 is 15.3 Å². The molecule has 6 nitrogen and oxygen atoms in total. The lowest BCUT2D eigenvalue weighted by Crippen LogP contribution is -2.36. The molecule has 1 amide bonds. The number of carboxylic acid groups (broad SMARTS) is 1. The van der Waals surface area contributed by atoms with E-state index in [0.717, 1.165) is 6.07 Å². The van der Waals surface area contributed by atoms with Gasteiger partial charge in [0.15, 0.2) is 5.71 Å². The maximum Gasteiger partial charge on any atom is 0.353 e. The Morgan fingerprint density at radius 3 is 2.57 bits per heavy atom. The maximum absolute atomic E-state index is 13.0. The van der Waals surface area contributed by atoms with Gasteiger partial charge >= 0.3 is 5.97 Å². The number of rotatable bonds is 5. The number of nitrogens with one attached hydrogen (secondary N) is 1. The summed E-state index contributed by atoms with van der Waals surface area (Å²) in [5.74, 6) is -3.13. The summed E-state index contributed by atoms with van der Waals surface area (Å²) < 4.78 is 25.9. The summed E-state index contributed by atoms with van der Waals surface area (Å²) in [6, 6.07) is 3.11. The van der Waals surface area contributed by atoms with Crippen molar-refractivity contribution in [2.24, 2.45) is 5.16 Å². The monoisotopic (exact) mass is 298 g/mol. The summed E-state index contributed by atoms with van der Waals surface area (Å²) in [5, 5.41) is 14.5. The van der Waals surface area contributed by atoms with Crippen LogP contribution in [0, 0.1) is 11.6 Å². The predicted molar refractivity (Wildman–Crippen MR) is 67.6 cm³/mol. The van der Waals surface area contributed by atoms with Crippen molar-refractivity contribution >= 4 is 17.6 Å². The van der Waals surface area contributed by atoms with Gasteiger partial charge in [-0.2, -0.15) is 0 Å². The highest BCUT2D eigenvalue weighted by atomic mass is 19.1. The molecular weight excluding hydrogens is 286 g/mol. The number of aliphatic carboxylic acids is 1. The molecule has 0 aliphatic carbocycles. The fourth-order valence-corrected chi connectivity index (χ4v) is 1.84. The summed E-state index contributed by atoms with van der Waals surface area (Å²) in [5.41, 5.74) is 0.185. The number of hydrogen-bond acceptors (Lipinski definition) is 4. The number of benzene rings is 1. The van der Waals surface area contributed by atoms with Crippen LogP contribution in [0.15, 0.2) is 23.4 Å². The van der Waals surface area contributed by atoms with Crippen molar-refractivity contribution in [3.63, 3.8) is 0 Å². The van der Waals surface area contributed by atoms with Crippen LogP contribution in [-0.2, 0) is 20.8 Å². The first kappa shape index (κ1) is 14.9. The number of nitrogens with zero attached hydrogens (tertiary/aromatic N) is 1. The van der Waals surface area contributed by atoms with Crippen molar-refractivity contribution in [1.29, 1.82) is 0 Å². The molecule has 1 aromatic carbocycles. The molecule has 0 spiro atoms. The number of hydrogen-bond donors (Lipinski definition) is 2. The first-order valence-corrected chi connectivity index (χ1v) is 6.14. The van der Waals surface area contributed by atoms with Gasteiger partial charge in [-0.05, 0) is 24.1 Å². The Labute approximate surface area is 118 Å². The summed E-state index contributed by atoms with van der Waals surface area (Å²) in [4.78, 5) is 27.0. The molecule has 2 N–H and O–H groups in total. The Morgan fingerprint density at radius 2 is 2.00 bits per heavy atom. The molecule has 1 aromatic rings. The molecule has 1 heterocycles. The zero-order valence-corrected chi connectivity index (χ0v) is 10.8. The van der Waals surface area contributed by atoms with Gasteiger partial charge in [-0.1, -0.05) is 5.16 Å². The highest BCUT2D eigenvalue weighted by Crippen LogP contribution is 2.11. The van der Waals surface area contributed by atoms with E-state index in [1.54, 1.807) is 0 Å². The van der Waals surface area contributed by atoms with Crippen LogP contribution in [0.2, 0.25) is 0 Å². The average molecular weight is 298 g/mol. The normalized spacial score (nSPS) is 17.0. The van der Waals surface area contributed by atoms with E-state index < -0.39 is 29.6 Å². The molecule has 0 saturated carbocycles. The lowest BCUT2D eigenvalue weighted by atomic mass is 10.1. The van der Waals surface area contributed by atoms with Crippen molar-refractivity contribution < 1.29 is 28.3 Å². The third-order valence-corrected chi connectivity index (χ3v) is 2.84. The van der Waals surface area contributed by atoms with Crippen LogP contribution in [0.5, 0.6) is 0 Å². The number of carbonyl (C=O) groups excluding carboxylic acids is 1. The van der Waals surface area contributed by atoms with Gasteiger partial charge in [0.2, 0.25) is 6.10 Å². The second kappa shape index (κ2) is 6.29. The van der Waals surface area contributed by atoms with Gasteiger partial charge in [0.25, 0.3) is 5.91 Å². The van der Waals surface area contributed by atoms with E-state index in [-0.39, 0.29) is 25.1 Å². The summed E-state index contributed by atoms with van der Waals surface area (Å²) in [6.45, 7) is 0.143. The van der Waals surface area contributed by atoms with Gasteiger partial charge in [0.05, 0.1) is 0 Å². The van der Waals surface area contributed by atoms with Crippen molar-refractivity contribution in [3.8, 4) is 0 Å². The third kappa shape index (κ3) is 3.98. The molecule has 1 aliphatic heterocycles. The Hall–Kier alpha value is -2.51. The van der Waals surface area contributed by atoms with E-state index in [1.165, 1.54) is 12.1 Å². The molecule has 21 heavy (non-hydrogen) atoms. The van der Waals surface area contributed by atoms with Crippen LogP contribution >= 0.6 is 0 Å². The molecule has 0 aromatic heterocycles. The van der Waals surface area contributed by atoms with Crippen molar-refractivity contribution in [2.45, 2.75) is 18.9 Å². The molecule has 112 valence electrons. The van der Waals surface area contributed by atoms with Gasteiger partial charge in [0.1, 0.15) is 11.6 Å². The van der Waals surface area contributed by atoms with Gasteiger partial charge in [0, 0.05) is 19.0 Å². The zero-order valence-electron chi connectivity index (χ0n) is 10.8. The molecule has 1 atom stereocenters. The minimum atomic E-state index is -1.24. The molecule has 0 radical (unpaired) electrons. The lowest BCUT2D eigenvalue weighted by Gasteiger charge is -2.09. The van der Waals surface area contributed by atoms with Crippen LogP contribution in [0.3, 0.4) is 0 Å². The van der Waals surface area contributed by atoms with Crippen LogP contribution in [0.25, 0.3) is 0 Å². The SMILES string of the molecule is O=C(O)C1=NOC(C(=O)NCCc2cc(F)cc(F)c2)C1. The fraction of sp³-hybridized carbons (Fsp3) is 0.308. The second-order valence-corrected chi connectivity index (χ2v) is 4.46. The fourth-order valence-electron chi connectivity index (χ4n) is 1.84.